The molecule has 1 saturated heterocycles. The minimum Gasteiger partial charge on any atom is -0.367 e. The Morgan fingerprint density at radius 1 is 1.15 bits per heavy atom. The zero-order chi connectivity index (χ0) is 23.1. The molecule has 0 radical (unpaired) electrons. The molecule has 0 unspecified atom stereocenters. The van der Waals surface area contributed by atoms with Gasteiger partial charge in [0.15, 0.2) is 5.65 Å². The fourth-order valence-electron chi connectivity index (χ4n) is 4.51. The molecule has 0 bridgehead atoms. The highest BCUT2D eigenvalue weighted by atomic mass is 35.5. The van der Waals surface area contributed by atoms with Crippen molar-refractivity contribution in [1.82, 2.24) is 19.4 Å². The van der Waals surface area contributed by atoms with Crippen molar-refractivity contribution in [2.45, 2.75) is 38.6 Å². The number of amides is 1. The van der Waals surface area contributed by atoms with Gasteiger partial charge in [-0.1, -0.05) is 30.7 Å². The second-order valence-electron chi connectivity index (χ2n) is 8.71. The zero-order valence-electron chi connectivity index (χ0n) is 18.5. The molecule has 9 heteroatoms. The van der Waals surface area contributed by atoms with E-state index in [9.17, 15) is 14.4 Å². The van der Waals surface area contributed by atoms with Crippen molar-refractivity contribution in [1.29, 1.82) is 0 Å². The van der Waals surface area contributed by atoms with E-state index in [0.29, 0.717) is 55.4 Å². The topological polar surface area (TPSA) is 91.3 Å². The molecule has 172 valence electrons. The molecule has 1 saturated carbocycles. The molecule has 2 aromatic heterocycles. The first kappa shape index (κ1) is 21.7. The number of anilines is 1. The van der Waals surface area contributed by atoms with Crippen LogP contribution in [0.2, 0.25) is 5.02 Å². The SMILES string of the molecule is CCCn1c(=O)[nH]c(=O)c2c(C(=O)N3CCN(c4ccccc4Cl)CC3)cc(C3CC3)nc21. The Balaban J connectivity index is 1.51. The van der Waals surface area contributed by atoms with E-state index in [2.05, 4.69) is 14.9 Å². The van der Waals surface area contributed by atoms with Gasteiger partial charge in [0.1, 0.15) is 0 Å². The normalized spacial score (nSPS) is 16.4. The highest BCUT2D eigenvalue weighted by Gasteiger charge is 2.31. The van der Waals surface area contributed by atoms with Crippen molar-refractivity contribution in [3.63, 3.8) is 0 Å². The average molecular weight is 468 g/mol. The second-order valence-corrected chi connectivity index (χ2v) is 9.12. The number of carbonyl (C=O) groups is 1. The quantitative estimate of drug-likeness (QED) is 0.622. The van der Waals surface area contributed by atoms with Gasteiger partial charge in [-0.3, -0.25) is 19.1 Å². The lowest BCUT2D eigenvalue weighted by atomic mass is 10.1. The number of para-hydroxylation sites is 1. The Bertz CT molecular complexity index is 1340. The summed E-state index contributed by atoms with van der Waals surface area (Å²) in [5.41, 5.74) is 1.34. The highest BCUT2D eigenvalue weighted by molar-refractivity contribution is 6.33. The van der Waals surface area contributed by atoms with Crippen molar-refractivity contribution in [3.05, 3.63) is 67.4 Å². The number of halogens is 1. The van der Waals surface area contributed by atoms with Gasteiger partial charge in [0, 0.05) is 44.3 Å². The molecule has 5 rings (SSSR count). The van der Waals surface area contributed by atoms with E-state index in [-0.39, 0.29) is 17.2 Å². The second kappa shape index (κ2) is 8.67. The van der Waals surface area contributed by atoms with Crippen LogP contribution in [0.3, 0.4) is 0 Å². The number of benzene rings is 1. The van der Waals surface area contributed by atoms with Crippen LogP contribution in [0.15, 0.2) is 39.9 Å². The van der Waals surface area contributed by atoms with Crippen LogP contribution in [0.25, 0.3) is 11.0 Å². The van der Waals surface area contributed by atoms with E-state index in [4.69, 9.17) is 11.6 Å². The summed E-state index contributed by atoms with van der Waals surface area (Å²) in [5, 5.41) is 0.887. The first-order chi connectivity index (χ1) is 16.0. The van der Waals surface area contributed by atoms with Crippen LogP contribution in [0.4, 0.5) is 5.69 Å². The number of hydrogen-bond acceptors (Lipinski definition) is 5. The van der Waals surface area contributed by atoms with Crippen molar-refractivity contribution < 1.29 is 4.79 Å². The lowest BCUT2D eigenvalue weighted by Crippen LogP contribution is -2.49. The number of pyridine rings is 1. The Morgan fingerprint density at radius 3 is 2.55 bits per heavy atom. The fourth-order valence-corrected chi connectivity index (χ4v) is 4.77. The maximum atomic E-state index is 13.6. The van der Waals surface area contributed by atoms with Crippen LogP contribution >= 0.6 is 11.6 Å². The van der Waals surface area contributed by atoms with Gasteiger partial charge < -0.3 is 9.80 Å². The van der Waals surface area contributed by atoms with Crippen LogP contribution in [-0.4, -0.2) is 51.5 Å². The molecule has 1 N–H and O–H groups in total. The molecule has 1 aliphatic heterocycles. The van der Waals surface area contributed by atoms with Gasteiger partial charge in [-0.25, -0.2) is 9.78 Å². The van der Waals surface area contributed by atoms with E-state index in [1.54, 1.807) is 11.0 Å². The maximum Gasteiger partial charge on any atom is 0.329 e. The number of carbonyl (C=O) groups excluding carboxylic acids is 1. The summed E-state index contributed by atoms with van der Waals surface area (Å²) < 4.78 is 1.48. The van der Waals surface area contributed by atoms with Crippen molar-refractivity contribution in [2.75, 3.05) is 31.1 Å². The van der Waals surface area contributed by atoms with Gasteiger partial charge in [-0.15, -0.1) is 0 Å². The molecule has 1 aromatic carbocycles. The monoisotopic (exact) mass is 467 g/mol. The summed E-state index contributed by atoms with van der Waals surface area (Å²) in [5.74, 6) is 0.0813. The number of rotatable bonds is 5. The fraction of sp³-hybridized carbons (Fsp3) is 0.417. The minimum absolute atomic E-state index is 0.199. The summed E-state index contributed by atoms with van der Waals surface area (Å²) >= 11 is 6.35. The smallest absolute Gasteiger partial charge is 0.329 e. The van der Waals surface area contributed by atoms with Gasteiger partial charge in [0.2, 0.25) is 0 Å². The molecule has 3 aromatic rings. The summed E-state index contributed by atoms with van der Waals surface area (Å²) in [6.45, 7) is 4.70. The maximum absolute atomic E-state index is 13.6. The Labute approximate surface area is 195 Å². The number of nitrogens with zero attached hydrogens (tertiary/aromatic N) is 4. The number of fused-ring (bicyclic) bond motifs is 1. The van der Waals surface area contributed by atoms with Crippen LogP contribution in [0.5, 0.6) is 0 Å². The molecule has 2 fully saturated rings. The van der Waals surface area contributed by atoms with E-state index < -0.39 is 11.2 Å². The van der Waals surface area contributed by atoms with Gasteiger partial charge >= 0.3 is 5.69 Å². The predicted octanol–water partition coefficient (Wildman–Crippen LogP) is 2.99. The van der Waals surface area contributed by atoms with E-state index >= 15 is 0 Å². The molecular formula is C24H26ClN5O3. The van der Waals surface area contributed by atoms with Crippen LogP contribution < -0.4 is 16.1 Å². The summed E-state index contributed by atoms with van der Waals surface area (Å²) in [4.78, 5) is 49.9. The van der Waals surface area contributed by atoms with Gasteiger partial charge in [-0.05, 0) is 37.5 Å². The number of piperazine rings is 1. The van der Waals surface area contributed by atoms with Crippen LogP contribution in [0, 0.1) is 0 Å². The lowest BCUT2D eigenvalue weighted by molar-refractivity contribution is 0.0748. The molecule has 1 aliphatic carbocycles. The minimum atomic E-state index is -0.560. The van der Waals surface area contributed by atoms with Gasteiger partial charge in [0.25, 0.3) is 11.5 Å². The molecule has 1 amide bonds. The molecule has 3 heterocycles. The number of hydrogen-bond donors (Lipinski definition) is 1. The zero-order valence-corrected chi connectivity index (χ0v) is 19.3. The van der Waals surface area contributed by atoms with E-state index in [1.807, 2.05) is 31.2 Å². The van der Waals surface area contributed by atoms with Gasteiger partial charge in [0.05, 0.1) is 21.7 Å². The average Bonchev–Trinajstić information content (AvgIpc) is 3.66. The Hall–Kier alpha value is -3.13. The Morgan fingerprint density at radius 2 is 1.88 bits per heavy atom. The molecule has 0 atom stereocenters. The lowest BCUT2D eigenvalue weighted by Gasteiger charge is -2.36. The number of aryl methyl sites for hydroxylation is 1. The van der Waals surface area contributed by atoms with E-state index in [1.165, 1.54) is 4.57 Å². The number of aromatic amines is 1. The summed E-state index contributed by atoms with van der Waals surface area (Å²) in [6, 6.07) is 9.44. The van der Waals surface area contributed by atoms with Crippen molar-refractivity contribution >= 4 is 34.2 Å². The van der Waals surface area contributed by atoms with Crippen LogP contribution in [-0.2, 0) is 6.54 Å². The molecule has 2 aliphatic rings. The number of aromatic nitrogens is 3. The van der Waals surface area contributed by atoms with Crippen molar-refractivity contribution in [3.8, 4) is 0 Å². The standard InChI is InChI=1S/C24H26ClN5O3/c1-2-9-30-21-20(22(31)27-24(30)33)16(14-18(26-21)15-7-8-15)23(32)29-12-10-28(11-13-29)19-6-4-3-5-17(19)25/h3-6,14-15H,2,7-13H2,1H3,(H,27,31,33). The first-order valence-corrected chi connectivity index (χ1v) is 11.8. The summed E-state index contributed by atoms with van der Waals surface area (Å²) in [7, 11) is 0. The molecule has 0 spiro atoms. The third-order valence-electron chi connectivity index (χ3n) is 6.40. The third kappa shape index (κ3) is 4.04. The third-order valence-corrected chi connectivity index (χ3v) is 6.72. The predicted molar refractivity (Wildman–Crippen MR) is 128 cm³/mol. The highest BCUT2D eigenvalue weighted by Crippen LogP contribution is 2.40. The van der Waals surface area contributed by atoms with Crippen molar-refractivity contribution in [2.24, 2.45) is 0 Å². The Kier molecular flexibility index (Phi) is 5.70. The van der Waals surface area contributed by atoms with E-state index in [0.717, 1.165) is 24.2 Å². The molecular weight excluding hydrogens is 442 g/mol. The van der Waals surface area contributed by atoms with Crippen LogP contribution in [0.1, 0.15) is 48.2 Å². The first-order valence-electron chi connectivity index (χ1n) is 11.4. The number of H-pyrrole nitrogens is 1. The largest absolute Gasteiger partial charge is 0.367 e. The molecule has 8 nitrogen and oxygen atoms in total. The summed E-state index contributed by atoms with van der Waals surface area (Å²) in [6.07, 6.45) is 2.72. The number of nitrogens with one attached hydrogen (secondary N) is 1. The van der Waals surface area contributed by atoms with Gasteiger partial charge in [-0.2, -0.15) is 0 Å². The molecule has 33 heavy (non-hydrogen) atoms.